The van der Waals surface area contributed by atoms with Gasteiger partial charge in [0.15, 0.2) is 5.69 Å². The molecule has 2 aromatic carbocycles. The molecule has 3 heterocycles. The topological polar surface area (TPSA) is 88.7 Å². The second-order valence-corrected chi connectivity index (χ2v) is 11.7. The van der Waals surface area contributed by atoms with E-state index in [1.165, 1.54) is 12.1 Å². The average Bonchev–Trinajstić information content (AvgIpc) is 3.73. The molecule has 12 heteroatoms. The number of fused-ring (bicyclic) bond motifs is 1. The number of carbonyl (C=O) groups is 1. The van der Waals surface area contributed by atoms with Crippen molar-refractivity contribution in [2.45, 2.75) is 50.8 Å². The minimum Gasteiger partial charge on any atom is -0.477 e. The highest BCUT2D eigenvalue weighted by Crippen LogP contribution is 2.56. The molecule has 1 N–H and O–H groups in total. The molecule has 228 valence electrons. The van der Waals surface area contributed by atoms with Crippen molar-refractivity contribution in [1.82, 2.24) is 10.1 Å². The zero-order chi connectivity index (χ0) is 30.8. The Morgan fingerprint density at radius 2 is 1.82 bits per heavy atom. The lowest BCUT2D eigenvalue weighted by atomic mass is 9.63. The Labute approximate surface area is 247 Å². The summed E-state index contributed by atoms with van der Waals surface area (Å²) in [5.74, 6) is -0.784. The molecule has 7 rings (SSSR count). The van der Waals surface area contributed by atoms with E-state index in [1.807, 2.05) is 0 Å². The molecule has 2 fully saturated rings. The molecule has 3 aliphatic rings. The van der Waals surface area contributed by atoms with E-state index in [-0.39, 0.29) is 39.2 Å². The number of carboxylic acid groups (broad SMARTS) is 1. The Bertz CT molecular complexity index is 1800. The fraction of sp³-hybridized carbons (Fsp3) is 0.344. The van der Waals surface area contributed by atoms with Crippen LogP contribution in [-0.4, -0.2) is 40.9 Å². The number of rotatable bonds is 7. The van der Waals surface area contributed by atoms with Crippen LogP contribution in [-0.2, 0) is 6.18 Å². The van der Waals surface area contributed by atoms with Crippen LogP contribution < -0.4 is 9.64 Å². The van der Waals surface area contributed by atoms with Gasteiger partial charge < -0.3 is 19.3 Å². The third-order valence-electron chi connectivity index (χ3n) is 8.81. The van der Waals surface area contributed by atoms with Gasteiger partial charge in [0.05, 0.1) is 11.1 Å². The number of alkyl halides is 5. The number of hydrogen-bond donors (Lipinski definition) is 1. The Morgan fingerprint density at radius 1 is 1.09 bits per heavy atom. The quantitative estimate of drug-likeness (QED) is 0.211. The van der Waals surface area contributed by atoms with Crippen LogP contribution in [0.5, 0.6) is 5.75 Å². The van der Waals surface area contributed by atoms with Crippen molar-refractivity contribution < 1.29 is 41.1 Å². The van der Waals surface area contributed by atoms with Crippen molar-refractivity contribution >= 4 is 28.1 Å². The Kier molecular flexibility index (Phi) is 6.63. The summed E-state index contributed by atoms with van der Waals surface area (Å²) >= 11 is 0. The van der Waals surface area contributed by atoms with Crippen molar-refractivity contribution in [3.63, 3.8) is 0 Å². The second kappa shape index (κ2) is 10.3. The number of benzene rings is 2. The van der Waals surface area contributed by atoms with Gasteiger partial charge in [0.2, 0.25) is 0 Å². The van der Waals surface area contributed by atoms with Crippen molar-refractivity contribution in [2.24, 2.45) is 5.41 Å². The van der Waals surface area contributed by atoms with E-state index in [1.54, 1.807) is 24.3 Å². The lowest BCUT2D eigenvalue weighted by Crippen LogP contribution is -2.42. The number of piperidine rings is 1. The molecule has 2 aliphatic carbocycles. The van der Waals surface area contributed by atoms with Crippen molar-refractivity contribution in [3.05, 3.63) is 77.2 Å². The van der Waals surface area contributed by atoms with Crippen molar-refractivity contribution in [2.75, 3.05) is 18.0 Å². The van der Waals surface area contributed by atoms with Crippen LogP contribution in [0.25, 0.3) is 27.7 Å². The number of allylic oxidation sites excluding steroid dienone is 2. The molecule has 44 heavy (non-hydrogen) atoms. The van der Waals surface area contributed by atoms with Gasteiger partial charge in [0.25, 0.3) is 0 Å². The van der Waals surface area contributed by atoms with Crippen LogP contribution in [0.4, 0.5) is 27.6 Å². The van der Waals surface area contributed by atoms with Gasteiger partial charge in [-0.05, 0) is 67.4 Å². The molecule has 7 nitrogen and oxygen atoms in total. The van der Waals surface area contributed by atoms with Crippen LogP contribution in [0.3, 0.4) is 0 Å². The molecule has 0 atom stereocenters. The monoisotopic (exact) mass is 611 g/mol. The minimum atomic E-state index is -4.53. The third-order valence-corrected chi connectivity index (χ3v) is 8.81. The lowest BCUT2D eigenvalue weighted by molar-refractivity contribution is -0.137. The first-order valence-electron chi connectivity index (χ1n) is 14.3. The van der Waals surface area contributed by atoms with Crippen LogP contribution in [0.1, 0.15) is 65.4 Å². The standard InChI is InChI=1S/C32H26F5N3O4/c33-30(34)43-25-14-24(29(41)42)38-23-8-7-19(13-21(23)25)40-11-9-31(10-12-40)15-18(16-31)26-27(39-44-28(26)17-5-6-17)20-3-1-2-4-22(20)32(35,36)37/h1-4,7-8,13-15,17,30H,5-6,9-12,16H2,(H,41,42). The van der Waals surface area contributed by atoms with E-state index in [4.69, 9.17) is 4.52 Å². The van der Waals surface area contributed by atoms with E-state index >= 15 is 0 Å². The van der Waals surface area contributed by atoms with Gasteiger partial charge in [-0.3, -0.25) is 0 Å². The number of anilines is 1. The van der Waals surface area contributed by atoms with E-state index in [9.17, 15) is 31.9 Å². The molecule has 1 aliphatic heterocycles. The summed E-state index contributed by atoms with van der Waals surface area (Å²) in [6.07, 6.45) is 1.72. The fourth-order valence-corrected chi connectivity index (χ4v) is 6.45. The van der Waals surface area contributed by atoms with E-state index < -0.39 is 30.0 Å². The molecule has 1 saturated carbocycles. The molecule has 0 bridgehead atoms. The Hall–Kier alpha value is -4.48. The first-order valence-corrected chi connectivity index (χ1v) is 14.3. The average molecular weight is 612 g/mol. The highest BCUT2D eigenvalue weighted by molar-refractivity contribution is 5.94. The molecule has 2 aromatic heterocycles. The number of aromatic nitrogens is 2. The van der Waals surface area contributed by atoms with Gasteiger partial charge in [-0.1, -0.05) is 29.4 Å². The van der Waals surface area contributed by atoms with Crippen LogP contribution in [0.2, 0.25) is 0 Å². The third kappa shape index (κ3) is 5.05. The lowest BCUT2D eigenvalue weighted by Gasteiger charge is -2.47. The fourth-order valence-electron chi connectivity index (χ4n) is 6.45. The molecular formula is C32H26F5N3O4. The predicted molar refractivity (Wildman–Crippen MR) is 151 cm³/mol. The predicted octanol–water partition coefficient (Wildman–Crippen LogP) is 8.16. The summed E-state index contributed by atoms with van der Waals surface area (Å²) in [7, 11) is 0. The highest BCUT2D eigenvalue weighted by Gasteiger charge is 2.45. The van der Waals surface area contributed by atoms with Gasteiger partial charge in [0.1, 0.15) is 17.2 Å². The zero-order valence-corrected chi connectivity index (χ0v) is 23.2. The number of hydrogen-bond acceptors (Lipinski definition) is 6. The van der Waals surface area contributed by atoms with Crippen LogP contribution in [0, 0.1) is 5.41 Å². The SMILES string of the molecule is O=C(O)c1cc(OC(F)F)c2cc(N3CCC4(C=C(c5c(-c6ccccc6C(F)(F)F)noc5C5CC5)C4)CC3)ccc2n1. The summed E-state index contributed by atoms with van der Waals surface area (Å²) in [6, 6.07) is 11.5. The first-order chi connectivity index (χ1) is 21.0. The van der Waals surface area contributed by atoms with Crippen molar-refractivity contribution in [3.8, 4) is 17.0 Å². The number of aromatic carboxylic acids is 1. The summed E-state index contributed by atoms with van der Waals surface area (Å²) in [5, 5.41) is 13.7. The van der Waals surface area contributed by atoms with E-state index in [0.29, 0.717) is 30.8 Å². The maximum atomic E-state index is 13.9. The van der Waals surface area contributed by atoms with Crippen molar-refractivity contribution in [1.29, 1.82) is 0 Å². The largest absolute Gasteiger partial charge is 0.477 e. The molecule has 1 saturated heterocycles. The Balaban J connectivity index is 1.14. The van der Waals surface area contributed by atoms with Crippen LogP contribution in [0.15, 0.2) is 59.1 Å². The van der Waals surface area contributed by atoms with Crippen LogP contribution >= 0.6 is 0 Å². The minimum absolute atomic E-state index is 0.0128. The number of nitrogens with zero attached hydrogens (tertiary/aromatic N) is 3. The van der Waals surface area contributed by atoms with Gasteiger partial charge in [0, 0.05) is 47.3 Å². The highest BCUT2D eigenvalue weighted by atomic mass is 19.4. The van der Waals surface area contributed by atoms with Gasteiger partial charge >= 0.3 is 18.8 Å². The van der Waals surface area contributed by atoms with E-state index in [0.717, 1.165) is 49.1 Å². The summed E-state index contributed by atoms with van der Waals surface area (Å²) in [6.45, 7) is -1.82. The van der Waals surface area contributed by atoms with E-state index in [2.05, 4.69) is 25.9 Å². The number of pyridine rings is 1. The molecular weight excluding hydrogens is 585 g/mol. The number of ether oxygens (including phenoxy) is 1. The second-order valence-electron chi connectivity index (χ2n) is 11.7. The number of halogens is 5. The van der Waals surface area contributed by atoms with Gasteiger partial charge in [-0.2, -0.15) is 22.0 Å². The molecule has 1 spiro atoms. The smallest absolute Gasteiger partial charge is 0.417 e. The summed E-state index contributed by atoms with van der Waals surface area (Å²) in [5.41, 5.74) is 1.62. The Morgan fingerprint density at radius 3 is 2.48 bits per heavy atom. The van der Waals surface area contributed by atoms with Gasteiger partial charge in [-0.15, -0.1) is 0 Å². The molecule has 0 radical (unpaired) electrons. The molecule has 0 unspecified atom stereocenters. The van der Waals surface area contributed by atoms with Gasteiger partial charge in [-0.25, -0.2) is 9.78 Å². The maximum Gasteiger partial charge on any atom is 0.417 e. The normalized spacial score (nSPS) is 18.0. The maximum absolute atomic E-state index is 13.9. The number of carboxylic acids is 1. The summed E-state index contributed by atoms with van der Waals surface area (Å²) in [4.78, 5) is 17.6. The first kappa shape index (κ1) is 28.3. The summed E-state index contributed by atoms with van der Waals surface area (Å²) < 4.78 is 78.1. The zero-order valence-electron chi connectivity index (χ0n) is 23.2. The molecule has 0 amide bonds. The molecule has 4 aromatic rings.